The van der Waals surface area contributed by atoms with Crippen molar-refractivity contribution in [2.75, 3.05) is 14.2 Å². The summed E-state index contributed by atoms with van der Waals surface area (Å²) in [7, 11) is 2.97. The molecule has 0 saturated heterocycles. The van der Waals surface area contributed by atoms with E-state index in [9.17, 15) is 14.9 Å². The first-order valence-electron chi connectivity index (χ1n) is 7.61. The topological polar surface area (TPSA) is 103 Å². The molecule has 0 saturated carbocycles. The predicted octanol–water partition coefficient (Wildman–Crippen LogP) is 3.61. The second-order valence-corrected chi connectivity index (χ2v) is 5.58. The number of carbonyl (C=O) groups excluding carboxylic acids is 1. The lowest BCUT2D eigenvalue weighted by molar-refractivity contribution is -0.384. The summed E-state index contributed by atoms with van der Waals surface area (Å²) in [6, 6.07) is 10.5. The third-order valence-corrected chi connectivity index (χ3v) is 3.61. The van der Waals surface area contributed by atoms with Crippen LogP contribution >= 0.6 is 11.6 Å². The number of amides is 1. The van der Waals surface area contributed by atoms with E-state index in [0.717, 1.165) is 0 Å². The Morgan fingerprint density at radius 2 is 1.81 bits per heavy atom. The Labute approximate surface area is 160 Å². The Kier molecular flexibility index (Phi) is 6.90. The van der Waals surface area contributed by atoms with Gasteiger partial charge < -0.3 is 9.47 Å². The first kappa shape index (κ1) is 19.9. The Hall–Kier alpha value is -3.39. The van der Waals surface area contributed by atoms with Gasteiger partial charge in [0.25, 0.3) is 11.6 Å². The monoisotopic (exact) mass is 389 g/mol. The first-order valence-corrected chi connectivity index (χ1v) is 7.99. The van der Waals surface area contributed by atoms with Crippen LogP contribution in [0.2, 0.25) is 0 Å². The number of nitro groups is 1. The zero-order valence-corrected chi connectivity index (χ0v) is 15.3. The molecule has 1 N–H and O–H groups in total. The second-order valence-electron chi connectivity index (χ2n) is 5.15. The van der Waals surface area contributed by atoms with Crippen molar-refractivity contribution in [2.24, 2.45) is 5.10 Å². The van der Waals surface area contributed by atoms with Crippen LogP contribution in [0.15, 0.2) is 52.6 Å². The minimum absolute atomic E-state index is 0.0147. The Balaban J connectivity index is 2.01. The lowest BCUT2D eigenvalue weighted by Crippen LogP contribution is -2.17. The van der Waals surface area contributed by atoms with E-state index in [1.54, 1.807) is 30.3 Å². The highest BCUT2D eigenvalue weighted by Gasteiger charge is 2.10. The second kappa shape index (κ2) is 9.35. The standard InChI is InChI=1S/C18H16ClN3O5/c1-26-16-8-5-13(10-17(16)27-2)18(23)21-20-11-14(19)9-12-3-6-15(7-4-12)22(24)25/h3-11H,1-2H3,(H,21,23)/b14-9+,20-11?. The van der Waals surface area contributed by atoms with Crippen molar-refractivity contribution >= 4 is 35.5 Å². The molecule has 27 heavy (non-hydrogen) atoms. The number of carbonyl (C=O) groups is 1. The van der Waals surface area contributed by atoms with Crippen LogP contribution < -0.4 is 14.9 Å². The van der Waals surface area contributed by atoms with Crippen molar-refractivity contribution in [3.8, 4) is 11.5 Å². The number of hydrazone groups is 1. The first-order chi connectivity index (χ1) is 12.9. The van der Waals surface area contributed by atoms with Crippen LogP contribution in [0.25, 0.3) is 6.08 Å². The largest absolute Gasteiger partial charge is 0.493 e. The number of hydrogen-bond acceptors (Lipinski definition) is 6. The fourth-order valence-corrected chi connectivity index (χ4v) is 2.26. The molecule has 0 bridgehead atoms. The summed E-state index contributed by atoms with van der Waals surface area (Å²) >= 11 is 6.02. The van der Waals surface area contributed by atoms with E-state index in [1.165, 1.54) is 38.6 Å². The third-order valence-electron chi connectivity index (χ3n) is 3.41. The maximum absolute atomic E-state index is 12.1. The van der Waals surface area contributed by atoms with Gasteiger partial charge >= 0.3 is 0 Å². The summed E-state index contributed by atoms with van der Waals surface area (Å²) < 4.78 is 10.3. The van der Waals surface area contributed by atoms with Crippen LogP contribution in [0.4, 0.5) is 5.69 Å². The average molecular weight is 390 g/mol. The van der Waals surface area contributed by atoms with Gasteiger partial charge in [-0.2, -0.15) is 5.10 Å². The number of ether oxygens (including phenoxy) is 2. The van der Waals surface area contributed by atoms with Crippen LogP contribution in [0.5, 0.6) is 11.5 Å². The fraction of sp³-hybridized carbons (Fsp3) is 0.111. The molecule has 0 radical (unpaired) electrons. The molecule has 0 aliphatic rings. The summed E-state index contributed by atoms with van der Waals surface area (Å²) in [6.45, 7) is 0. The summed E-state index contributed by atoms with van der Waals surface area (Å²) in [6.07, 6.45) is 2.80. The lowest BCUT2D eigenvalue weighted by atomic mass is 10.2. The van der Waals surface area contributed by atoms with Gasteiger partial charge in [0, 0.05) is 17.7 Å². The van der Waals surface area contributed by atoms with Crippen molar-refractivity contribution < 1.29 is 19.2 Å². The molecule has 1 amide bonds. The van der Waals surface area contributed by atoms with E-state index in [0.29, 0.717) is 22.6 Å². The summed E-state index contributed by atoms with van der Waals surface area (Å²) in [5.74, 6) is 0.476. The van der Waals surface area contributed by atoms with Crippen LogP contribution in [-0.2, 0) is 0 Å². The predicted molar refractivity (Wildman–Crippen MR) is 102 cm³/mol. The van der Waals surface area contributed by atoms with Crippen molar-refractivity contribution in [1.29, 1.82) is 0 Å². The van der Waals surface area contributed by atoms with E-state index < -0.39 is 10.8 Å². The number of nitro benzene ring substituents is 1. The maximum Gasteiger partial charge on any atom is 0.271 e. The number of nitrogens with one attached hydrogen (secondary N) is 1. The zero-order chi connectivity index (χ0) is 19.8. The van der Waals surface area contributed by atoms with Crippen molar-refractivity contribution in [1.82, 2.24) is 5.43 Å². The Bertz CT molecular complexity index is 894. The molecule has 2 aromatic carbocycles. The van der Waals surface area contributed by atoms with Gasteiger partial charge in [-0.1, -0.05) is 11.6 Å². The van der Waals surface area contributed by atoms with Gasteiger partial charge in [-0.3, -0.25) is 14.9 Å². The highest BCUT2D eigenvalue weighted by Crippen LogP contribution is 2.27. The van der Waals surface area contributed by atoms with E-state index >= 15 is 0 Å². The van der Waals surface area contributed by atoms with Gasteiger partial charge in [0.15, 0.2) is 11.5 Å². The van der Waals surface area contributed by atoms with Crippen molar-refractivity contribution in [2.45, 2.75) is 0 Å². The molecule has 0 unspecified atom stereocenters. The number of non-ortho nitro benzene ring substituents is 1. The number of methoxy groups -OCH3 is 2. The number of rotatable bonds is 7. The Morgan fingerprint density at radius 1 is 1.15 bits per heavy atom. The summed E-state index contributed by atoms with van der Waals surface area (Å²) in [4.78, 5) is 22.2. The average Bonchev–Trinajstić information content (AvgIpc) is 2.67. The quantitative estimate of drug-likeness (QED) is 0.442. The molecule has 2 rings (SSSR count). The minimum Gasteiger partial charge on any atom is -0.493 e. The molecule has 0 spiro atoms. The molecule has 140 valence electrons. The molecule has 0 aromatic heterocycles. The molecular formula is C18H16ClN3O5. The molecule has 0 aliphatic heterocycles. The smallest absolute Gasteiger partial charge is 0.271 e. The molecule has 9 heteroatoms. The molecule has 0 heterocycles. The van der Waals surface area contributed by atoms with E-state index in [2.05, 4.69) is 10.5 Å². The number of nitrogens with zero attached hydrogens (tertiary/aromatic N) is 2. The molecule has 0 fully saturated rings. The van der Waals surface area contributed by atoms with E-state index in [4.69, 9.17) is 21.1 Å². The molecule has 8 nitrogen and oxygen atoms in total. The van der Waals surface area contributed by atoms with Gasteiger partial charge in [-0.05, 0) is 42.0 Å². The van der Waals surface area contributed by atoms with Crippen LogP contribution in [0.1, 0.15) is 15.9 Å². The van der Waals surface area contributed by atoms with Crippen LogP contribution in [0.3, 0.4) is 0 Å². The normalized spacial score (nSPS) is 11.3. The minimum atomic E-state index is -0.486. The number of allylic oxidation sites excluding steroid dienone is 1. The van der Waals surface area contributed by atoms with Gasteiger partial charge in [0.1, 0.15) is 0 Å². The van der Waals surface area contributed by atoms with Gasteiger partial charge in [-0.25, -0.2) is 5.43 Å². The zero-order valence-electron chi connectivity index (χ0n) is 14.5. The highest BCUT2D eigenvalue weighted by atomic mass is 35.5. The fourth-order valence-electron chi connectivity index (χ4n) is 2.08. The van der Waals surface area contributed by atoms with Crippen LogP contribution in [0, 0.1) is 10.1 Å². The van der Waals surface area contributed by atoms with E-state index in [-0.39, 0.29) is 10.7 Å². The lowest BCUT2D eigenvalue weighted by Gasteiger charge is -2.08. The summed E-state index contributed by atoms with van der Waals surface area (Å²) in [5.41, 5.74) is 3.32. The molecule has 2 aromatic rings. The molecule has 0 atom stereocenters. The Morgan fingerprint density at radius 3 is 2.41 bits per heavy atom. The number of hydrogen-bond donors (Lipinski definition) is 1. The van der Waals surface area contributed by atoms with Gasteiger partial charge in [-0.15, -0.1) is 0 Å². The molecule has 0 aliphatic carbocycles. The van der Waals surface area contributed by atoms with Crippen molar-refractivity contribution in [3.05, 3.63) is 68.7 Å². The highest BCUT2D eigenvalue weighted by molar-refractivity contribution is 6.41. The molecular weight excluding hydrogens is 374 g/mol. The van der Waals surface area contributed by atoms with E-state index in [1.807, 2.05) is 0 Å². The number of halogens is 1. The van der Waals surface area contributed by atoms with Gasteiger partial charge in [0.05, 0.1) is 30.4 Å². The van der Waals surface area contributed by atoms with Crippen LogP contribution in [-0.4, -0.2) is 31.3 Å². The maximum atomic E-state index is 12.1. The number of benzene rings is 2. The van der Waals surface area contributed by atoms with Gasteiger partial charge in [0.2, 0.25) is 0 Å². The third kappa shape index (κ3) is 5.55. The van der Waals surface area contributed by atoms with Crippen molar-refractivity contribution in [3.63, 3.8) is 0 Å². The SMILES string of the molecule is COc1ccc(C(=O)NN=C/C(Cl)=C\c2ccc([N+](=O)[O-])cc2)cc1OC. The summed E-state index contributed by atoms with van der Waals surface area (Å²) in [5, 5.41) is 14.6.